The molecule has 186 valence electrons. The third-order valence-electron chi connectivity index (χ3n) is 7.24. The van der Waals surface area contributed by atoms with Gasteiger partial charge in [0.2, 0.25) is 0 Å². The van der Waals surface area contributed by atoms with Crippen LogP contribution < -0.4 is 15.6 Å². The average molecular weight is 487 g/mol. The first-order chi connectivity index (χ1) is 17.3. The van der Waals surface area contributed by atoms with Crippen LogP contribution in [0, 0.1) is 5.82 Å². The van der Waals surface area contributed by atoms with Crippen LogP contribution in [0.1, 0.15) is 36.7 Å². The predicted octanol–water partition coefficient (Wildman–Crippen LogP) is 4.63. The maximum Gasteiger partial charge on any atom is 0.255 e. The van der Waals surface area contributed by atoms with Crippen molar-refractivity contribution in [1.29, 1.82) is 0 Å². The first-order valence-corrected chi connectivity index (χ1v) is 12.4. The van der Waals surface area contributed by atoms with Crippen molar-refractivity contribution >= 4 is 33.4 Å². The number of benzene rings is 3. The molecule has 2 N–H and O–H groups in total. The summed E-state index contributed by atoms with van der Waals surface area (Å²) in [5, 5.41) is 3.67. The quantitative estimate of drug-likeness (QED) is 0.404. The fraction of sp³-hybridized carbons (Fsp3) is 0.310. The summed E-state index contributed by atoms with van der Waals surface area (Å²) >= 11 is 0. The van der Waals surface area contributed by atoms with Gasteiger partial charge < -0.3 is 20.1 Å². The molecule has 0 aliphatic carbocycles. The number of rotatable bonds is 5. The highest BCUT2D eigenvalue weighted by Crippen LogP contribution is 2.26. The van der Waals surface area contributed by atoms with Gasteiger partial charge in [-0.15, -0.1) is 0 Å². The number of amides is 1. The van der Waals surface area contributed by atoms with E-state index in [1.807, 2.05) is 32.0 Å². The maximum atomic E-state index is 15.0. The molecule has 2 heterocycles. The third kappa shape index (κ3) is 4.46. The van der Waals surface area contributed by atoms with Crippen molar-refractivity contribution in [3.05, 3.63) is 87.8 Å². The van der Waals surface area contributed by atoms with Gasteiger partial charge >= 0.3 is 0 Å². The number of carbonyl (C=O) groups excluding carboxylic acids is 1. The molecule has 0 saturated carbocycles. The predicted molar refractivity (Wildman–Crippen MR) is 143 cm³/mol. The summed E-state index contributed by atoms with van der Waals surface area (Å²) in [6.07, 6.45) is 0. The van der Waals surface area contributed by atoms with Gasteiger partial charge in [0, 0.05) is 48.2 Å². The van der Waals surface area contributed by atoms with Crippen LogP contribution in [0.25, 0.3) is 21.8 Å². The first kappa shape index (κ1) is 24.0. The number of halogens is 1. The Morgan fingerprint density at radius 1 is 0.972 bits per heavy atom. The minimum Gasteiger partial charge on any atom is -0.369 e. The van der Waals surface area contributed by atoms with E-state index < -0.39 is 17.3 Å². The molecule has 1 aliphatic heterocycles. The van der Waals surface area contributed by atoms with Gasteiger partial charge in [-0.2, -0.15) is 0 Å². The van der Waals surface area contributed by atoms with Gasteiger partial charge in [-0.3, -0.25) is 9.59 Å². The number of hydrogen-bond donors (Lipinski definition) is 2. The Morgan fingerprint density at radius 3 is 2.36 bits per heavy atom. The Morgan fingerprint density at radius 2 is 1.67 bits per heavy atom. The molecular weight excluding hydrogens is 455 g/mol. The van der Waals surface area contributed by atoms with Crippen molar-refractivity contribution in [2.45, 2.75) is 26.3 Å². The van der Waals surface area contributed by atoms with Crippen molar-refractivity contribution in [3.63, 3.8) is 0 Å². The van der Waals surface area contributed by atoms with E-state index in [4.69, 9.17) is 0 Å². The fourth-order valence-electron chi connectivity index (χ4n) is 4.95. The Hall–Kier alpha value is -3.71. The molecule has 0 bridgehead atoms. The third-order valence-corrected chi connectivity index (χ3v) is 7.24. The number of likely N-dealkylation sites (N-methyl/N-ethyl adjacent to an activating group) is 1. The number of H-pyrrole nitrogens is 1. The van der Waals surface area contributed by atoms with Gasteiger partial charge in [0.05, 0.1) is 16.6 Å². The van der Waals surface area contributed by atoms with Gasteiger partial charge in [-0.25, -0.2) is 4.39 Å². The monoisotopic (exact) mass is 486 g/mol. The standard InChI is InChI=1S/C29H31FN4O2/c1-4-33-13-15-34(16-14-33)20-11-9-19(10-12-20)29(2,3)32-28(36)22-18-26-23(17-24(22)30)27(35)21-7-5-6-8-25(21)31-26/h5-12,17-18H,4,13-16H2,1-3H3,(H,31,35)(H,32,36). The molecule has 1 amide bonds. The van der Waals surface area contributed by atoms with Crippen molar-refractivity contribution in [2.24, 2.45) is 0 Å². The van der Waals surface area contributed by atoms with Crippen LogP contribution in [0.3, 0.4) is 0 Å². The van der Waals surface area contributed by atoms with Crippen LogP contribution in [0.15, 0.2) is 65.5 Å². The molecule has 1 aromatic heterocycles. The lowest BCUT2D eigenvalue weighted by Crippen LogP contribution is -2.46. The highest BCUT2D eigenvalue weighted by molar-refractivity contribution is 6.00. The molecule has 4 aromatic rings. The summed E-state index contributed by atoms with van der Waals surface area (Å²) in [4.78, 5) is 33.9. The number of para-hydroxylation sites is 1. The van der Waals surface area contributed by atoms with Gasteiger partial charge in [-0.1, -0.05) is 31.2 Å². The molecule has 1 fully saturated rings. The van der Waals surface area contributed by atoms with E-state index in [1.54, 1.807) is 18.2 Å². The molecule has 0 unspecified atom stereocenters. The van der Waals surface area contributed by atoms with E-state index in [0.717, 1.165) is 50.0 Å². The summed E-state index contributed by atoms with van der Waals surface area (Å²) < 4.78 is 15.0. The van der Waals surface area contributed by atoms with Gasteiger partial charge in [0.15, 0.2) is 5.43 Å². The Bertz CT molecular complexity index is 1490. The van der Waals surface area contributed by atoms with Crippen molar-refractivity contribution in [1.82, 2.24) is 15.2 Å². The number of aromatic nitrogens is 1. The Labute approximate surface area is 209 Å². The Balaban J connectivity index is 1.37. The number of aromatic amines is 1. The second-order valence-electron chi connectivity index (χ2n) is 9.92. The number of piperazine rings is 1. The van der Waals surface area contributed by atoms with Crippen LogP contribution in [0.2, 0.25) is 0 Å². The highest BCUT2D eigenvalue weighted by atomic mass is 19.1. The number of carbonyl (C=O) groups is 1. The van der Waals surface area contributed by atoms with E-state index >= 15 is 4.39 Å². The van der Waals surface area contributed by atoms with Crippen LogP contribution in [0.5, 0.6) is 0 Å². The molecule has 0 spiro atoms. The van der Waals surface area contributed by atoms with E-state index in [0.29, 0.717) is 16.4 Å². The van der Waals surface area contributed by atoms with E-state index in [1.165, 1.54) is 6.07 Å². The molecule has 5 rings (SSSR count). The van der Waals surface area contributed by atoms with Crippen molar-refractivity contribution in [2.75, 3.05) is 37.6 Å². The summed E-state index contributed by atoms with van der Waals surface area (Å²) in [6.45, 7) is 11.1. The fourth-order valence-corrected chi connectivity index (χ4v) is 4.95. The smallest absolute Gasteiger partial charge is 0.255 e. The van der Waals surface area contributed by atoms with Gasteiger partial charge in [-0.05, 0) is 62.4 Å². The van der Waals surface area contributed by atoms with Crippen LogP contribution in [-0.4, -0.2) is 48.5 Å². The minimum atomic E-state index is -0.727. The van der Waals surface area contributed by atoms with E-state index in [-0.39, 0.29) is 16.4 Å². The number of pyridine rings is 1. The molecule has 1 saturated heterocycles. The molecule has 3 aromatic carbocycles. The molecule has 0 radical (unpaired) electrons. The minimum absolute atomic E-state index is 0.105. The Kier molecular flexibility index (Phi) is 6.26. The van der Waals surface area contributed by atoms with E-state index in [9.17, 15) is 9.59 Å². The number of anilines is 1. The second-order valence-corrected chi connectivity index (χ2v) is 9.92. The summed E-state index contributed by atoms with van der Waals surface area (Å²) in [7, 11) is 0. The largest absolute Gasteiger partial charge is 0.369 e. The lowest BCUT2D eigenvalue weighted by Gasteiger charge is -2.36. The molecule has 36 heavy (non-hydrogen) atoms. The SMILES string of the molecule is CCN1CCN(c2ccc(C(C)(C)NC(=O)c3cc4[nH]c5ccccc5c(=O)c4cc3F)cc2)CC1. The topological polar surface area (TPSA) is 68.4 Å². The number of nitrogens with zero attached hydrogens (tertiary/aromatic N) is 2. The summed E-state index contributed by atoms with van der Waals surface area (Å²) in [6, 6.07) is 17.8. The number of hydrogen-bond acceptors (Lipinski definition) is 4. The second kappa shape index (κ2) is 9.39. The van der Waals surface area contributed by atoms with Gasteiger partial charge in [0.1, 0.15) is 5.82 Å². The van der Waals surface area contributed by atoms with Gasteiger partial charge in [0.25, 0.3) is 5.91 Å². The van der Waals surface area contributed by atoms with Crippen LogP contribution in [-0.2, 0) is 5.54 Å². The number of fused-ring (bicyclic) bond motifs is 2. The molecule has 7 heteroatoms. The summed E-state index contributed by atoms with van der Waals surface area (Å²) in [5.74, 6) is -1.26. The molecule has 0 atom stereocenters. The zero-order valence-electron chi connectivity index (χ0n) is 20.9. The molecular formula is C29H31FN4O2. The number of nitrogens with one attached hydrogen (secondary N) is 2. The lowest BCUT2D eigenvalue weighted by atomic mass is 9.93. The normalized spacial score (nSPS) is 14.9. The first-order valence-electron chi connectivity index (χ1n) is 12.4. The van der Waals surface area contributed by atoms with Crippen LogP contribution >= 0.6 is 0 Å². The highest BCUT2D eigenvalue weighted by Gasteiger charge is 2.26. The van der Waals surface area contributed by atoms with Crippen molar-refractivity contribution < 1.29 is 9.18 Å². The molecule has 1 aliphatic rings. The lowest BCUT2D eigenvalue weighted by molar-refractivity contribution is 0.0908. The zero-order chi connectivity index (χ0) is 25.4. The van der Waals surface area contributed by atoms with Crippen molar-refractivity contribution in [3.8, 4) is 0 Å². The maximum absolute atomic E-state index is 15.0. The van der Waals surface area contributed by atoms with E-state index in [2.05, 4.69) is 39.2 Å². The molecule has 6 nitrogen and oxygen atoms in total. The average Bonchev–Trinajstić information content (AvgIpc) is 2.89. The zero-order valence-corrected chi connectivity index (χ0v) is 20.9. The summed E-state index contributed by atoms with van der Waals surface area (Å²) in [5.41, 5.74) is 2.06. The van der Waals surface area contributed by atoms with Crippen LogP contribution in [0.4, 0.5) is 10.1 Å².